The zero-order valence-electron chi connectivity index (χ0n) is 17.4. The second kappa shape index (κ2) is 7.83. The number of hydrogen-bond acceptors (Lipinski definition) is 4. The standard InChI is InChI=1S/C22H27N5O2/c1-15-12-19(25(4)23-15)22(28)26-10-11-29-14-20(26)21-16(2)24-27(17(21)3)13-18-8-6-5-7-9-18/h5-9,12,20H,10-11,13-14H2,1-4H3/t20-/m0/s1. The van der Waals surface area contributed by atoms with Gasteiger partial charge in [0.15, 0.2) is 0 Å². The third kappa shape index (κ3) is 3.70. The van der Waals surface area contributed by atoms with Gasteiger partial charge < -0.3 is 9.64 Å². The zero-order chi connectivity index (χ0) is 20.5. The molecule has 152 valence electrons. The fourth-order valence-corrected chi connectivity index (χ4v) is 4.15. The zero-order valence-corrected chi connectivity index (χ0v) is 17.4. The Bertz CT molecular complexity index is 1020. The van der Waals surface area contributed by atoms with E-state index in [9.17, 15) is 4.79 Å². The Balaban J connectivity index is 1.67. The highest BCUT2D eigenvalue weighted by Gasteiger charge is 2.34. The van der Waals surface area contributed by atoms with Gasteiger partial charge in [0, 0.05) is 24.8 Å². The molecule has 0 saturated carbocycles. The van der Waals surface area contributed by atoms with E-state index in [4.69, 9.17) is 9.84 Å². The van der Waals surface area contributed by atoms with Gasteiger partial charge in [0.1, 0.15) is 5.69 Å². The molecule has 1 aliphatic heterocycles. The number of aromatic nitrogens is 4. The fraction of sp³-hybridized carbons (Fsp3) is 0.409. The van der Waals surface area contributed by atoms with Gasteiger partial charge in [0.05, 0.1) is 37.2 Å². The van der Waals surface area contributed by atoms with Gasteiger partial charge in [0.2, 0.25) is 0 Å². The number of benzene rings is 1. The molecule has 3 aromatic rings. The van der Waals surface area contributed by atoms with Gasteiger partial charge in [-0.3, -0.25) is 14.2 Å². The molecule has 0 spiro atoms. The lowest BCUT2D eigenvalue weighted by Crippen LogP contribution is -2.44. The number of rotatable bonds is 4. The van der Waals surface area contributed by atoms with Crippen LogP contribution in [-0.4, -0.2) is 50.1 Å². The van der Waals surface area contributed by atoms with Crippen LogP contribution in [0.1, 0.15) is 44.7 Å². The third-order valence-electron chi connectivity index (χ3n) is 5.56. The molecule has 4 rings (SSSR count). The van der Waals surface area contributed by atoms with Crippen LogP contribution in [0, 0.1) is 20.8 Å². The molecule has 1 atom stereocenters. The van der Waals surface area contributed by atoms with Gasteiger partial charge in [-0.15, -0.1) is 0 Å². The molecule has 2 aromatic heterocycles. The van der Waals surface area contributed by atoms with Crippen LogP contribution in [0.25, 0.3) is 0 Å². The Labute approximate surface area is 170 Å². The van der Waals surface area contributed by atoms with Crippen molar-refractivity contribution >= 4 is 5.91 Å². The van der Waals surface area contributed by atoms with Crippen molar-refractivity contribution in [2.75, 3.05) is 19.8 Å². The van der Waals surface area contributed by atoms with Crippen LogP contribution in [-0.2, 0) is 18.3 Å². The average molecular weight is 393 g/mol. The van der Waals surface area contributed by atoms with E-state index in [2.05, 4.69) is 24.2 Å². The van der Waals surface area contributed by atoms with Gasteiger partial charge in [-0.1, -0.05) is 30.3 Å². The van der Waals surface area contributed by atoms with E-state index in [0.29, 0.717) is 32.0 Å². The van der Waals surface area contributed by atoms with Gasteiger partial charge in [-0.05, 0) is 32.4 Å². The van der Waals surface area contributed by atoms with Crippen molar-refractivity contribution < 1.29 is 9.53 Å². The summed E-state index contributed by atoms with van der Waals surface area (Å²) in [7, 11) is 1.81. The summed E-state index contributed by atoms with van der Waals surface area (Å²) in [6, 6.07) is 12.0. The minimum atomic E-state index is -0.157. The number of ether oxygens (including phenoxy) is 1. The van der Waals surface area contributed by atoms with Gasteiger partial charge >= 0.3 is 0 Å². The number of hydrogen-bond donors (Lipinski definition) is 0. The van der Waals surface area contributed by atoms with E-state index in [1.807, 2.05) is 54.7 Å². The maximum absolute atomic E-state index is 13.3. The van der Waals surface area contributed by atoms with Gasteiger partial charge in [-0.25, -0.2) is 0 Å². The smallest absolute Gasteiger partial charge is 0.272 e. The molecule has 0 aliphatic carbocycles. The topological polar surface area (TPSA) is 65.2 Å². The minimum Gasteiger partial charge on any atom is -0.377 e. The van der Waals surface area contributed by atoms with E-state index < -0.39 is 0 Å². The van der Waals surface area contributed by atoms with Crippen molar-refractivity contribution in [3.63, 3.8) is 0 Å². The maximum atomic E-state index is 13.3. The lowest BCUT2D eigenvalue weighted by molar-refractivity contribution is -0.00361. The molecule has 1 amide bonds. The highest BCUT2D eigenvalue weighted by Crippen LogP contribution is 2.31. The number of amides is 1. The van der Waals surface area contributed by atoms with Crippen LogP contribution < -0.4 is 0 Å². The van der Waals surface area contributed by atoms with Crippen molar-refractivity contribution in [3.8, 4) is 0 Å². The Morgan fingerprint density at radius 1 is 1.17 bits per heavy atom. The fourth-order valence-electron chi connectivity index (χ4n) is 4.15. The quantitative estimate of drug-likeness (QED) is 0.684. The summed E-state index contributed by atoms with van der Waals surface area (Å²) in [6.07, 6.45) is 0. The van der Waals surface area contributed by atoms with Crippen LogP contribution in [0.15, 0.2) is 36.4 Å². The molecule has 0 radical (unpaired) electrons. The van der Waals surface area contributed by atoms with Crippen molar-refractivity contribution in [1.82, 2.24) is 24.5 Å². The molecule has 3 heterocycles. The summed E-state index contributed by atoms with van der Waals surface area (Å²) in [6.45, 7) is 8.25. The monoisotopic (exact) mass is 393 g/mol. The molecule has 7 nitrogen and oxygen atoms in total. The Morgan fingerprint density at radius 3 is 2.62 bits per heavy atom. The molecule has 0 unspecified atom stereocenters. The molecule has 0 bridgehead atoms. The highest BCUT2D eigenvalue weighted by molar-refractivity contribution is 5.93. The first-order valence-corrected chi connectivity index (χ1v) is 9.93. The summed E-state index contributed by atoms with van der Waals surface area (Å²) < 4.78 is 9.45. The predicted molar refractivity (Wildman–Crippen MR) is 110 cm³/mol. The van der Waals surface area contributed by atoms with E-state index in [1.165, 1.54) is 5.56 Å². The second-order valence-corrected chi connectivity index (χ2v) is 7.61. The molecule has 1 aromatic carbocycles. The molecular weight excluding hydrogens is 366 g/mol. The predicted octanol–water partition coefficient (Wildman–Crippen LogP) is 2.80. The number of nitrogens with zero attached hydrogens (tertiary/aromatic N) is 5. The average Bonchev–Trinajstić information content (AvgIpc) is 3.19. The molecule has 1 fully saturated rings. The third-order valence-corrected chi connectivity index (χ3v) is 5.56. The summed E-state index contributed by atoms with van der Waals surface area (Å²) >= 11 is 0. The molecule has 29 heavy (non-hydrogen) atoms. The molecule has 1 saturated heterocycles. The number of morpholine rings is 1. The van der Waals surface area contributed by atoms with Gasteiger partial charge in [-0.2, -0.15) is 10.2 Å². The second-order valence-electron chi connectivity index (χ2n) is 7.61. The largest absolute Gasteiger partial charge is 0.377 e. The Hall–Kier alpha value is -2.93. The number of aryl methyl sites for hydroxylation is 3. The van der Waals surface area contributed by atoms with Crippen LogP contribution >= 0.6 is 0 Å². The number of carbonyl (C=O) groups is 1. The van der Waals surface area contributed by atoms with Crippen molar-refractivity contribution in [1.29, 1.82) is 0 Å². The summed E-state index contributed by atoms with van der Waals surface area (Å²) in [5, 5.41) is 9.11. The summed E-state index contributed by atoms with van der Waals surface area (Å²) in [5.74, 6) is -0.0176. The van der Waals surface area contributed by atoms with Crippen molar-refractivity contribution in [3.05, 3.63) is 70.3 Å². The Morgan fingerprint density at radius 2 is 1.93 bits per heavy atom. The van der Waals surface area contributed by atoms with E-state index in [-0.39, 0.29) is 11.9 Å². The van der Waals surface area contributed by atoms with Crippen LogP contribution in [0.2, 0.25) is 0 Å². The van der Waals surface area contributed by atoms with E-state index >= 15 is 0 Å². The van der Waals surface area contributed by atoms with E-state index in [1.54, 1.807) is 4.68 Å². The first-order chi connectivity index (χ1) is 14.0. The maximum Gasteiger partial charge on any atom is 0.272 e. The summed E-state index contributed by atoms with van der Waals surface area (Å²) in [5.41, 5.74) is 5.72. The van der Waals surface area contributed by atoms with E-state index in [0.717, 1.165) is 22.6 Å². The molecule has 0 N–H and O–H groups in total. The number of carbonyl (C=O) groups excluding carboxylic acids is 1. The highest BCUT2D eigenvalue weighted by atomic mass is 16.5. The van der Waals surface area contributed by atoms with Crippen LogP contribution in [0.4, 0.5) is 0 Å². The van der Waals surface area contributed by atoms with Gasteiger partial charge in [0.25, 0.3) is 5.91 Å². The summed E-state index contributed by atoms with van der Waals surface area (Å²) in [4.78, 5) is 15.2. The Kier molecular flexibility index (Phi) is 5.24. The van der Waals surface area contributed by atoms with Crippen LogP contribution in [0.5, 0.6) is 0 Å². The first-order valence-electron chi connectivity index (χ1n) is 9.93. The molecule has 7 heteroatoms. The molecular formula is C22H27N5O2. The van der Waals surface area contributed by atoms with Crippen molar-refractivity contribution in [2.45, 2.75) is 33.4 Å². The normalized spacial score (nSPS) is 17.0. The first kappa shape index (κ1) is 19.4. The van der Waals surface area contributed by atoms with Crippen molar-refractivity contribution in [2.24, 2.45) is 7.05 Å². The molecule has 1 aliphatic rings. The van der Waals surface area contributed by atoms with Crippen LogP contribution in [0.3, 0.4) is 0 Å². The minimum absolute atomic E-state index is 0.0176. The lowest BCUT2D eigenvalue weighted by atomic mass is 10.0. The lowest BCUT2D eigenvalue weighted by Gasteiger charge is -2.36. The SMILES string of the molecule is Cc1cc(C(=O)N2CCOC[C@H]2c2c(C)nn(Cc3ccccc3)c2C)n(C)n1.